The summed E-state index contributed by atoms with van der Waals surface area (Å²) in [4.78, 5) is 19.6. The zero-order valence-electron chi connectivity index (χ0n) is 12.8. The molecule has 0 radical (unpaired) electrons. The summed E-state index contributed by atoms with van der Waals surface area (Å²) in [6, 6.07) is 2.84. The van der Waals surface area contributed by atoms with Crippen LogP contribution in [0.15, 0.2) is 30.6 Å². The van der Waals surface area contributed by atoms with Gasteiger partial charge in [-0.15, -0.1) is 0 Å². The molecule has 1 aromatic carbocycles. The summed E-state index contributed by atoms with van der Waals surface area (Å²) in [7, 11) is 0. The predicted octanol–water partition coefficient (Wildman–Crippen LogP) is 4.03. The van der Waals surface area contributed by atoms with Gasteiger partial charge in [0.1, 0.15) is 0 Å². The van der Waals surface area contributed by atoms with Gasteiger partial charge in [-0.1, -0.05) is 11.6 Å². The number of anilines is 2. The van der Waals surface area contributed by atoms with Gasteiger partial charge in [-0.05, 0) is 32.0 Å². The van der Waals surface area contributed by atoms with Crippen LogP contribution in [0.4, 0.5) is 24.8 Å². The molecule has 1 heterocycles. The van der Waals surface area contributed by atoms with Crippen molar-refractivity contribution < 1.29 is 18.0 Å². The Bertz CT molecular complexity index is 732. The third-order valence-corrected chi connectivity index (χ3v) is 3.20. The molecule has 2 rings (SSSR count). The van der Waals surface area contributed by atoms with E-state index in [0.29, 0.717) is 0 Å². The Kier molecular flexibility index (Phi) is 5.28. The number of aromatic nitrogens is 2. The van der Waals surface area contributed by atoms with Gasteiger partial charge in [-0.3, -0.25) is 4.79 Å². The SMILES string of the molecule is CC(C)NC(=O)c1cnc(Nc2cc(C(F)(F)F)ccc2Cl)nc1. The number of nitrogens with zero attached hydrogens (tertiary/aromatic N) is 2. The molecule has 0 atom stereocenters. The Morgan fingerprint density at radius 3 is 2.38 bits per heavy atom. The molecule has 128 valence electrons. The van der Waals surface area contributed by atoms with Crippen LogP contribution in [-0.2, 0) is 6.18 Å². The standard InChI is InChI=1S/C15H14ClF3N4O/c1-8(2)22-13(24)9-6-20-14(21-7-9)23-12-5-10(15(17,18)19)3-4-11(12)16/h3-8H,1-2H3,(H,22,24)(H,20,21,23). The minimum absolute atomic E-state index is 0.0193. The van der Waals surface area contributed by atoms with Gasteiger partial charge in [0, 0.05) is 18.4 Å². The summed E-state index contributed by atoms with van der Waals surface area (Å²) in [5.41, 5.74) is -0.586. The molecule has 0 aliphatic rings. The number of benzene rings is 1. The Morgan fingerprint density at radius 1 is 1.21 bits per heavy atom. The molecule has 0 unspecified atom stereocenters. The second kappa shape index (κ2) is 7.04. The highest BCUT2D eigenvalue weighted by molar-refractivity contribution is 6.33. The third kappa shape index (κ3) is 4.58. The van der Waals surface area contributed by atoms with Gasteiger partial charge in [0.15, 0.2) is 0 Å². The van der Waals surface area contributed by atoms with Crippen molar-refractivity contribution in [2.45, 2.75) is 26.1 Å². The molecule has 0 saturated carbocycles. The largest absolute Gasteiger partial charge is 0.416 e. The quantitative estimate of drug-likeness (QED) is 0.866. The van der Waals surface area contributed by atoms with Crippen molar-refractivity contribution in [1.29, 1.82) is 0 Å². The van der Waals surface area contributed by atoms with E-state index in [2.05, 4.69) is 20.6 Å². The van der Waals surface area contributed by atoms with E-state index in [1.54, 1.807) is 0 Å². The average Bonchev–Trinajstić information content (AvgIpc) is 2.48. The van der Waals surface area contributed by atoms with Gasteiger partial charge >= 0.3 is 6.18 Å². The predicted molar refractivity (Wildman–Crippen MR) is 84.4 cm³/mol. The normalized spacial score (nSPS) is 11.5. The summed E-state index contributed by atoms with van der Waals surface area (Å²) in [5, 5.41) is 5.37. The zero-order chi connectivity index (χ0) is 17.9. The second-order valence-electron chi connectivity index (χ2n) is 5.24. The van der Waals surface area contributed by atoms with Crippen molar-refractivity contribution in [2.75, 3.05) is 5.32 Å². The maximum absolute atomic E-state index is 12.7. The van der Waals surface area contributed by atoms with Crippen LogP contribution in [0.3, 0.4) is 0 Å². The van der Waals surface area contributed by atoms with Crippen molar-refractivity contribution >= 4 is 29.1 Å². The van der Waals surface area contributed by atoms with Gasteiger partial charge in [0.05, 0.1) is 21.8 Å². The van der Waals surface area contributed by atoms with Gasteiger partial charge in [0.2, 0.25) is 5.95 Å². The van der Waals surface area contributed by atoms with Crippen LogP contribution in [0.1, 0.15) is 29.8 Å². The van der Waals surface area contributed by atoms with Crippen molar-refractivity contribution in [3.8, 4) is 0 Å². The lowest BCUT2D eigenvalue weighted by Gasteiger charge is -2.12. The number of nitrogens with one attached hydrogen (secondary N) is 2. The summed E-state index contributed by atoms with van der Waals surface area (Å²) >= 11 is 5.89. The highest BCUT2D eigenvalue weighted by Crippen LogP contribution is 2.34. The molecule has 0 spiro atoms. The van der Waals surface area contributed by atoms with E-state index >= 15 is 0 Å². The van der Waals surface area contributed by atoms with E-state index in [-0.39, 0.29) is 34.2 Å². The first-order valence-electron chi connectivity index (χ1n) is 6.93. The summed E-state index contributed by atoms with van der Waals surface area (Å²) in [6.07, 6.45) is -1.94. The molecule has 1 amide bonds. The van der Waals surface area contributed by atoms with Gasteiger partial charge in [-0.2, -0.15) is 13.2 Å². The van der Waals surface area contributed by atoms with Crippen LogP contribution in [-0.4, -0.2) is 21.9 Å². The summed E-state index contributed by atoms with van der Waals surface area (Å²) in [6.45, 7) is 3.62. The molecular weight excluding hydrogens is 345 g/mol. The van der Waals surface area contributed by atoms with Crippen LogP contribution in [0.25, 0.3) is 0 Å². The Hall–Kier alpha value is -2.35. The number of rotatable bonds is 4. The molecule has 24 heavy (non-hydrogen) atoms. The van der Waals surface area contributed by atoms with Crippen molar-refractivity contribution in [3.63, 3.8) is 0 Å². The van der Waals surface area contributed by atoms with Crippen LogP contribution < -0.4 is 10.6 Å². The second-order valence-corrected chi connectivity index (χ2v) is 5.65. The number of amides is 1. The molecule has 0 bridgehead atoms. The lowest BCUT2D eigenvalue weighted by Crippen LogP contribution is -2.30. The number of carbonyl (C=O) groups is 1. The first-order chi connectivity index (χ1) is 11.2. The van der Waals surface area contributed by atoms with Gasteiger partial charge in [0.25, 0.3) is 5.91 Å². The minimum Gasteiger partial charge on any atom is -0.350 e. The molecule has 2 N–H and O–H groups in total. The highest BCUT2D eigenvalue weighted by Gasteiger charge is 2.31. The van der Waals surface area contributed by atoms with E-state index in [0.717, 1.165) is 18.2 Å². The minimum atomic E-state index is -4.49. The number of hydrogen-bond donors (Lipinski definition) is 2. The fraction of sp³-hybridized carbons (Fsp3) is 0.267. The van der Waals surface area contributed by atoms with E-state index in [9.17, 15) is 18.0 Å². The molecule has 0 aliphatic heterocycles. The molecule has 0 aliphatic carbocycles. The third-order valence-electron chi connectivity index (χ3n) is 2.87. The van der Waals surface area contributed by atoms with Crippen molar-refractivity contribution in [1.82, 2.24) is 15.3 Å². The Morgan fingerprint density at radius 2 is 1.83 bits per heavy atom. The monoisotopic (exact) mass is 358 g/mol. The number of alkyl halides is 3. The molecule has 9 heteroatoms. The number of carbonyl (C=O) groups excluding carboxylic acids is 1. The van der Waals surface area contributed by atoms with E-state index in [1.807, 2.05) is 13.8 Å². The fourth-order valence-electron chi connectivity index (χ4n) is 1.77. The molecule has 0 fully saturated rings. The van der Waals surface area contributed by atoms with E-state index < -0.39 is 11.7 Å². The van der Waals surface area contributed by atoms with E-state index in [4.69, 9.17) is 11.6 Å². The highest BCUT2D eigenvalue weighted by atomic mass is 35.5. The Balaban J connectivity index is 2.18. The van der Waals surface area contributed by atoms with E-state index in [1.165, 1.54) is 12.4 Å². The topological polar surface area (TPSA) is 66.9 Å². The van der Waals surface area contributed by atoms with Crippen LogP contribution >= 0.6 is 11.6 Å². The van der Waals surface area contributed by atoms with Crippen LogP contribution in [0.2, 0.25) is 5.02 Å². The molecule has 1 aromatic heterocycles. The molecule has 0 saturated heterocycles. The lowest BCUT2D eigenvalue weighted by molar-refractivity contribution is -0.137. The Labute approximate surface area is 141 Å². The zero-order valence-corrected chi connectivity index (χ0v) is 13.5. The van der Waals surface area contributed by atoms with Gasteiger partial charge < -0.3 is 10.6 Å². The lowest BCUT2D eigenvalue weighted by atomic mass is 10.2. The van der Waals surface area contributed by atoms with Gasteiger partial charge in [-0.25, -0.2) is 9.97 Å². The maximum Gasteiger partial charge on any atom is 0.416 e. The first-order valence-corrected chi connectivity index (χ1v) is 7.31. The van der Waals surface area contributed by atoms with Crippen LogP contribution in [0, 0.1) is 0 Å². The number of halogens is 4. The van der Waals surface area contributed by atoms with Crippen molar-refractivity contribution in [2.24, 2.45) is 0 Å². The summed E-state index contributed by atoms with van der Waals surface area (Å²) in [5.74, 6) is -0.314. The number of hydrogen-bond acceptors (Lipinski definition) is 4. The van der Waals surface area contributed by atoms with Crippen molar-refractivity contribution in [3.05, 3.63) is 46.7 Å². The first kappa shape index (κ1) is 18.0. The smallest absolute Gasteiger partial charge is 0.350 e. The molecule has 2 aromatic rings. The summed E-state index contributed by atoms with van der Waals surface area (Å²) < 4.78 is 38.2. The maximum atomic E-state index is 12.7. The fourth-order valence-corrected chi connectivity index (χ4v) is 1.94. The van der Waals surface area contributed by atoms with Crippen LogP contribution in [0.5, 0.6) is 0 Å². The molecular formula is C15H14ClF3N4O. The average molecular weight is 359 g/mol. The molecule has 5 nitrogen and oxygen atoms in total.